The van der Waals surface area contributed by atoms with Crippen LogP contribution in [0.1, 0.15) is 44.7 Å². The first-order valence-electron chi connectivity index (χ1n) is 6.97. The lowest BCUT2D eigenvalue weighted by Crippen LogP contribution is -2.27. The van der Waals surface area contributed by atoms with E-state index in [9.17, 15) is 0 Å². The third-order valence-electron chi connectivity index (χ3n) is 3.96. The van der Waals surface area contributed by atoms with E-state index in [4.69, 9.17) is 4.74 Å². The molecular weight excluding hydrogens is 224 g/mol. The Morgan fingerprint density at radius 3 is 2.89 bits per heavy atom. The summed E-state index contributed by atoms with van der Waals surface area (Å²) in [6, 6.07) is 2.53. The van der Waals surface area contributed by atoms with Crippen molar-refractivity contribution < 1.29 is 4.74 Å². The van der Waals surface area contributed by atoms with Gasteiger partial charge < -0.3 is 10.1 Å². The Hall–Kier alpha value is -1.09. The summed E-state index contributed by atoms with van der Waals surface area (Å²) in [7, 11) is 1.70. The van der Waals surface area contributed by atoms with Gasteiger partial charge in [0.2, 0.25) is 0 Å². The molecule has 0 spiro atoms. The normalized spacial score (nSPS) is 25.1. The molecule has 0 amide bonds. The van der Waals surface area contributed by atoms with Crippen molar-refractivity contribution in [2.24, 2.45) is 11.8 Å². The van der Waals surface area contributed by atoms with Gasteiger partial charge in [0, 0.05) is 12.2 Å². The molecule has 1 heterocycles. The van der Waals surface area contributed by atoms with Crippen molar-refractivity contribution in [3.8, 4) is 5.75 Å². The minimum atomic E-state index is 0.419. The predicted octanol–water partition coefficient (Wildman–Crippen LogP) is 3.18. The molecule has 0 bridgehead atoms. The molecule has 1 saturated carbocycles. The van der Waals surface area contributed by atoms with E-state index in [0.717, 1.165) is 24.1 Å². The highest BCUT2D eigenvalue weighted by molar-refractivity contribution is 5.26. The first-order chi connectivity index (χ1) is 8.74. The SMILES string of the molecule is CCNC(c1cncc(OC)c1)C1CCC(C)C1. The van der Waals surface area contributed by atoms with Crippen LogP contribution in [-0.2, 0) is 0 Å². The molecule has 1 fully saturated rings. The second-order valence-electron chi connectivity index (χ2n) is 5.37. The zero-order chi connectivity index (χ0) is 13.0. The highest BCUT2D eigenvalue weighted by Gasteiger charge is 2.29. The molecule has 2 rings (SSSR count). The van der Waals surface area contributed by atoms with Crippen LogP contribution in [0.5, 0.6) is 5.75 Å². The maximum absolute atomic E-state index is 5.28. The third-order valence-corrected chi connectivity index (χ3v) is 3.96. The van der Waals surface area contributed by atoms with E-state index in [1.165, 1.54) is 24.8 Å². The molecule has 1 N–H and O–H groups in total. The quantitative estimate of drug-likeness (QED) is 0.869. The van der Waals surface area contributed by atoms with Crippen LogP contribution < -0.4 is 10.1 Å². The van der Waals surface area contributed by atoms with Gasteiger partial charge in [-0.15, -0.1) is 0 Å². The molecular formula is C15H24N2O. The van der Waals surface area contributed by atoms with E-state index >= 15 is 0 Å². The van der Waals surface area contributed by atoms with Crippen LogP contribution in [0, 0.1) is 11.8 Å². The fourth-order valence-corrected chi connectivity index (χ4v) is 3.05. The Bertz CT molecular complexity index is 381. The molecule has 0 saturated heterocycles. The number of hydrogen-bond acceptors (Lipinski definition) is 3. The van der Waals surface area contributed by atoms with Crippen molar-refractivity contribution in [1.82, 2.24) is 10.3 Å². The molecule has 100 valence electrons. The molecule has 1 aliphatic carbocycles. The van der Waals surface area contributed by atoms with E-state index < -0.39 is 0 Å². The van der Waals surface area contributed by atoms with E-state index in [-0.39, 0.29) is 0 Å². The van der Waals surface area contributed by atoms with Gasteiger partial charge in [0.05, 0.1) is 13.3 Å². The van der Waals surface area contributed by atoms with E-state index in [1.807, 2.05) is 6.20 Å². The summed E-state index contributed by atoms with van der Waals surface area (Å²) in [4.78, 5) is 4.28. The van der Waals surface area contributed by atoms with Gasteiger partial charge >= 0.3 is 0 Å². The number of hydrogen-bond donors (Lipinski definition) is 1. The standard InChI is InChI=1S/C15H24N2O/c1-4-17-15(12-6-5-11(2)7-12)13-8-14(18-3)10-16-9-13/h8-12,15,17H,4-7H2,1-3H3. The predicted molar refractivity (Wildman–Crippen MR) is 73.7 cm³/mol. The van der Waals surface area contributed by atoms with Crippen molar-refractivity contribution in [2.75, 3.05) is 13.7 Å². The van der Waals surface area contributed by atoms with Crippen molar-refractivity contribution in [1.29, 1.82) is 0 Å². The molecule has 0 aliphatic heterocycles. The van der Waals surface area contributed by atoms with Crippen LogP contribution in [-0.4, -0.2) is 18.6 Å². The molecule has 1 aliphatic rings. The topological polar surface area (TPSA) is 34.2 Å². The number of nitrogens with zero attached hydrogens (tertiary/aromatic N) is 1. The average Bonchev–Trinajstić information content (AvgIpc) is 2.82. The number of ether oxygens (including phenoxy) is 1. The maximum atomic E-state index is 5.28. The Balaban J connectivity index is 2.17. The molecule has 3 nitrogen and oxygen atoms in total. The summed E-state index contributed by atoms with van der Waals surface area (Å²) >= 11 is 0. The lowest BCUT2D eigenvalue weighted by Gasteiger charge is -2.25. The molecule has 3 atom stereocenters. The summed E-state index contributed by atoms with van der Waals surface area (Å²) in [6.45, 7) is 5.51. The molecule has 0 aromatic carbocycles. The Morgan fingerprint density at radius 2 is 2.28 bits per heavy atom. The van der Waals surface area contributed by atoms with Gasteiger partial charge in [-0.25, -0.2) is 0 Å². The van der Waals surface area contributed by atoms with Crippen LogP contribution in [0.3, 0.4) is 0 Å². The van der Waals surface area contributed by atoms with Gasteiger partial charge in [0.1, 0.15) is 5.75 Å². The molecule has 1 aromatic rings. The minimum absolute atomic E-state index is 0.419. The number of methoxy groups -OCH3 is 1. The first kappa shape index (κ1) is 13.3. The van der Waals surface area contributed by atoms with Gasteiger partial charge in [0.15, 0.2) is 0 Å². The molecule has 3 unspecified atom stereocenters. The average molecular weight is 248 g/mol. The highest BCUT2D eigenvalue weighted by Crippen LogP contribution is 2.39. The molecule has 18 heavy (non-hydrogen) atoms. The minimum Gasteiger partial charge on any atom is -0.495 e. The fraction of sp³-hybridized carbons (Fsp3) is 0.667. The van der Waals surface area contributed by atoms with Gasteiger partial charge in [0.25, 0.3) is 0 Å². The number of nitrogens with one attached hydrogen (secondary N) is 1. The van der Waals surface area contributed by atoms with Gasteiger partial charge in [-0.2, -0.15) is 0 Å². The Labute approximate surface area is 110 Å². The van der Waals surface area contributed by atoms with Crippen molar-refractivity contribution in [2.45, 2.75) is 39.2 Å². The lowest BCUT2D eigenvalue weighted by molar-refractivity contribution is 0.360. The molecule has 3 heteroatoms. The van der Waals surface area contributed by atoms with Crippen molar-refractivity contribution >= 4 is 0 Å². The first-order valence-corrected chi connectivity index (χ1v) is 6.97. The monoisotopic (exact) mass is 248 g/mol. The van der Waals surface area contributed by atoms with E-state index in [1.54, 1.807) is 13.3 Å². The maximum Gasteiger partial charge on any atom is 0.137 e. The van der Waals surface area contributed by atoms with Gasteiger partial charge in [-0.3, -0.25) is 4.98 Å². The van der Waals surface area contributed by atoms with E-state index in [0.29, 0.717) is 6.04 Å². The van der Waals surface area contributed by atoms with Gasteiger partial charge in [-0.1, -0.05) is 20.3 Å². The van der Waals surface area contributed by atoms with Crippen LogP contribution in [0.4, 0.5) is 0 Å². The smallest absolute Gasteiger partial charge is 0.137 e. The highest BCUT2D eigenvalue weighted by atomic mass is 16.5. The second kappa shape index (κ2) is 6.19. The summed E-state index contributed by atoms with van der Waals surface area (Å²) in [5.74, 6) is 2.44. The summed E-state index contributed by atoms with van der Waals surface area (Å²) in [5, 5.41) is 3.62. The fourth-order valence-electron chi connectivity index (χ4n) is 3.05. The zero-order valence-corrected chi connectivity index (χ0v) is 11.6. The van der Waals surface area contributed by atoms with E-state index in [2.05, 4.69) is 30.2 Å². The van der Waals surface area contributed by atoms with Crippen molar-refractivity contribution in [3.63, 3.8) is 0 Å². The summed E-state index contributed by atoms with van der Waals surface area (Å²) < 4.78 is 5.28. The summed E-state index contributed by atoms with van der Waals surface area (Å²) in [6.07, 6.45) is 7.72. The van der Waals surface area contributed by atoms with Crippen LogP contribution in [0.25, 0.3) is 0 Å². The second-order valence-corrected chi connectivity index (χ2v) is 5.37. The third kappa shape index (κ3) is 3.02. The van der Waals surface area contributed by atoms with Crippen LogP contribution in [0.2, 0.25) is 0 Å². The summed E-state index contributed by atoms with van der Waals surface area (Å²) in [5.41, 5.74) is 1.26. The van der Waals surface area contributed by atoms with Crippen LogP contribution in [0.15, 0.2) is 18.5 Å². The Morgan fingerprint density at radius 1 is 1.44 bits per heavy atom. The number of pyridine rings is 1. The Kier molecular flexibility index (Phi) is 4.59. The van der Waals surface area contributed by atoms with Crippen LogP contribution >= 0.6 is 0 Å². The lowest BCUT2D eigenvalue weighted by atomic mass is 9.91. The molecule has 1 aromatic heterocycles. The number of aromatic nitrogens is 1. The van der Waals surface area contributed by atoms with Crippen molar-refractivity contribution in [3.05, 3.63) is 24.0 Å². The zero-order valence-electron chi connectivity index (χ0n) is 11.6. The largest absolute Gasteiger partial charge is 0.495 e. The molecule has 0 radical (unpaired) electrons. The van der Waals surface area contributed by atoms with Gasteiger partial charge in [-0.05, 0) is 42.9 Å². The number of rotatable bonds is 5.